The van der Waals surface area contributed by atoms with Crippen LogP contribution < -0.4 is 10.5 Å². The molecular weight excluding hydrogens is 281 g/mol. The molecule has 1 aromatic rings. The zero-order valence-electron chi connectivity index (χ0n) is 11.5. The molecule has 0 atom stereocenters. The molecule has 0 bridgehead atoms. The number of hydrogen-bond acceptors (Lipinski definition) is 4. The summed E-state index contributed by atoms with van der Waals surface area (Å²) < 4.78 is 39.8. The lowest BCUT2D eigenvalue weighted by molar-refractivity contribution is 0.282. The number of nitrogens with zero attached hydrogens (tertiary/aromatic N) is 1. The van der Waals surface area contributed by atoms with E-state index in [1.807, 2.05) is 0 Å². The maximum absolute atomic E-state index is 13.1. The van der Waals surface area contributed by atoms with Gasteiger partial charge in [0.15, 0.2) is 0 Å². The molecule has 7 heteroatoms. The van der Waals surface area contributed by atoms with Crippen molar-refractivity contribution in [1.82, 2.24) is 9.62 Å². The van der Waals surface area contributed by atoms with Crippen LogP contribution in [0.15, 0.2) is 23.1 Å². The molecule has 0 aliphatic heterocycles. The van der Waals surface area contributed by atoms with Crippen molar-refractivity contribution in [2.75, 3.05) is 25.4 Å². The molecular formula is C13H20FN3O2S. The van der Waals surface area contributed by atoms with Crippen molar-refractivity contribution < 1.29 is 12.8 Å². The molecule has 5 nitrogen and oxygen atoms in total. The smallest absolute Gasteiger partial charge is 0.242 e. The highest BCUT2D eigenvalue weighted by atomic mass is 32.2. The Hall–Kier alpha value is -1.18. The maximum atomic E-state index is 13.1. The highest BCUT2D eigenvalue weighted by molar-refractivity contribution is 7.89. The van der Waals surface area contributed by atoms with Gasteiger partial charge in [0.2, 0.25) is 10.0 Å². The predicted octanol–water partition coefficient (Wildman–Crippen LogP) is 1.17. The number of benzene rings is 1. The zero-order valence-corrected chi connectivity index (χ0v) is 12.3. The zero-order chi connectivity index (χ0) is 14.8. The second kappa shape index (κ2) is 6.07. The van der Waals surface area contributed by atoms with Gasteiger partial charge in [-0.3, -0.25) is 4.90 Å². The van der Waals surface area contributed by atoms with Crippen molar-refractivity contribution in [3.63, 3.8) is 0 Å². The molecule has 1 saturated carbocycles. The van der Waals surface area contributed by atoms with Crippen LogP contribution in [-0.4, -0.2) is 39.0 Å². The molecule has 0 spiro atoms. The summed E-state index contributed by atoms with van der Waals surface area (Å²) in [6, 6.07) is 3.92. The first-order valence-corrected chi connectivity index (χ1v) is 8.21. The van der Waals surface area contributed by atoms with Gasteiger partial charge in [0.1, 0.15) is 10.7 Å². The first-order valence-electron chi connectivity index (χ1n) is 6.73. The van der Waals surface area contributed by atoms with Crippen molar-refractivity contribution in [2.24, 2.45) is 0 Å². The summed E-state index contributed by atoms with van der Waals surface area (Å²) in [5.41, 5.74) is 5.64. The first-order chi connectivity index (χ1) is 9.44. The average molecular weight is 301 g/mol. The second-order valence-corrected chi connectivity index (χ2v) is 6.68. The maximum Gasteiger partial charge on any atom is 0.242 e. The van der Waals surface area contributed by atoms with Crippen LogP contribution in [0, 0.1) is 5.82 Å². The van der Waals surface area contributed by atoms with Crippen molar-refractivity contribution in [3.05, 3.63) is 24.0 Å². The van der Waals surface area contributed by atoms with Gasteiger partial charge in [-0.1, -0.05) is 6.92 Å². The summed E-state index contributed by atoms with van der Waals surface area (Å²) >= 11 is 0. The molecule has 3 N–H and O–H groups in total. The van der Waals surface area contributed by atoms with Gasteiger partial charge in [-0.2, -0.15) is 0 Å². The number of halogens is 1. The topological polar surface area (TPSA) is 75.4 Å². The van der Waals surface area contributed by atoms with E-state index in [9.17, 15) is 12.8 Å². The van der Waals surface area contributed by atoms with Crippen molar-refractivity contribution in [2.45, 2.75) is 30.7 Å². The molecule has 20 heavy (non-hydrogen) atoms. The third-order valence-corrected chi connectivity index (χ3v) is 4.94. The van der Waals surface area contributed by atoms with E-state index in [-0.39, 0.29) is 10.6 Å². The Balaban J connectivity index is 1.98. The molecule has 1 aliphatic carbocycles. The molecule has 1 aliphatic rings. The van der Waals surface area contributed by atoms with E-state index in [1.54, 1.807) is 0 Å². The van der Waals surface area contributed by atoms with Crippen LogP contribution >= 0.6 is 0 Å². The molecule has 2 rings (SSSR count). The van der Waals surface area contributed by atoms with Crippen LogP contribution in [-0.2, 0) is 10.0 Å². The number of nitrogen functional groups attached to an aromatic ring is 1. The minimum absolute atomic E-state index is 0.0495. The van der Waals surface area contributed by atoms with Gasteiger partial charge in [0.05, 0.1) is 5.69 Å². The number of anilines is 1. The lowest BCUT2D eigenvalue weighted by atomic mass is 10.3. The van der Waals surface area contributed by atoms with Crippen LogP contribution in [0.4, 0.5) is 10.1 Å². The van der Waals surface area contributed by atoms with E-state index in [2.05, 4.69) is 16.5 Å². The molecule has 112 valence electrons. The van der Waals surface area contributed by atoms with Gasteiger partial charge < -0.3 is 5.73 Å². The summed E-state index contributed by atoms with van der Waals surface area (Å²) in [6.45, 7) is 3.89. The minimum Gasteiger partial charge on any atom is -0.398 e. The summed E-state index contributed by atoms with van der Waals surface area (Å²) in [5.74, 6) is -0.618. The molecule has 0 radical (unpaired) electrons. The van der Waals surface area contributed by atoms with Crippen LogP contribution in [0.3, 0.4) is 0 Å². The van der Waals surface area contributed by atoms with E-state index in [4.69, 9.17) is 5.73 Å². The van der Waals surface area contributed by atoms with Gasteiger partial charge in [0.25, 0.3) is 0 Å². The Morgan fingerprint density at radius 2 is 2.15 bits per heavy atom. The monoisotopic (exact) mass is 301 g/mol. The van der Waals surface area contributed by atoms with Gasteiger partial charge in [0, 0.05) is 19.1 Å². The van der Waals surface area contributed by atoms with E-state index < -0.39 is 15.8 Å². The number of sulfonamides is 1. The van der Waals surface area contributed by atoms with Crippen LogP contribution in [0.2, 0.25) is 0 Å². The van der Waals surface area contributed by atoms with Crippen LogP contribution in [0.5, 0.6) is 0 Å². The minimum atomic E-state index is -3.76. The normalized spacial score (nSPS) is 15.8. The molecule has 0 aromatic heterocycles. The third kappa shape index (κ3) is 3.68. The van der Waals surface area contributed by atoms with Gasteiger partial charge >= 0.3 is 0 Å². The first kappa shape index (κ1) is 15.2. The summed E-state index contributed by atoms with van der Waals surface area (Å²) in [5, 5.41) is 0. The van der Waals surface area contributed by atoms with Gasteiger partial charge in [-0.25, -0.2) is 17.5 Å². The van der Waals surface area contributed by atoms with E-state index in [0.717, 1.165) is 18.7 Å². The summed E-state index contributed by atoms with van der Waals surface area (Å²) in [7, 11) is -3.76. The highest BCUT2D eigenvalue weighted by Crippen LogP contribution is 2.26. The fraction of sp³-hybridized carbons (Fsp3) is 0.538. The van der Waals surface area contributed by atoms with E-state index >= 15 is 0 Å². The van der Waals surface area contributed by atoms with Crippen molar-refractivity contribution >= 4 is 15.7 Å². The Morgan fingerprint density at radius 3 is 2.75 bits per heavy atom. The van der Waals surface area contributed by atoms with E-state index in [0.29, 0.717) is 19.1 Å². The van der Waals surface area contributed by atoms with Gasteiger partial charge in [-0.15, -0.1) is 0 Å². The molecule has 0 heterocycles. The Labute approximate surface area is 119 Å². The summed E-state index contributed by atoms with van der Waals surface area (Å²) in [4.78, 5) is 2.03. The molecule has 1 fully saturated rings. The van der Waals surface area contributed by atoms with Crippen LogP contribution in [0.25, 0.3) is 0 Å². The number of rotatable bonds is 7. The lowest BCUT2D eigenvalue weighted by Crippen LogP contribution is -2.36. The number of hydrogen-bond donors (Lipinski definition) is 2. The SMILES string of the molecule is CCN(CCNS(=O)(=O)c1cc(F)ccc1N)C1CC1. The Morgan fingerprint density at radius 1 is 1.45 bits per heavy atom. The number of likely N-dealkylation sites (N-methyl/N-ethyl adjacent to an activating group) is 1. The van der Waals surface area contributed by atoms with Gasteiger partial charge in [-0.05, 0) is 37.6 Å². The average Bonchev–Trinajstić information content (AvgIpc) is 3.22. The fourth-order valence-electron chi connectivity index (χ4n) is 2.18. The molecule has 0 unspecified atom stereocenters. The molecule has 0 amide bonds. The Bertz CT molecular complexity index is 573. The quantitative estimate of drug-likeness (QED) is 0.741. The number of nitrogens with two attached hydrogens (primary N) is 1. The second-order valence-electron chi connectivity index (χ2n) is 4.94. The van der Waals surface area contributed by atoms with E-state index in [1.165, 1.54) is 18.9 Å². The molecule has 0 saturated heterocycles. The van der Waals surface area contributed by atoms with Crippen LogP contribution in [0.1, 0.15) is 19.8 Å². The molecule has 1 aromatic carbocycles. The lowest BCUT2D eigenvalue weighted by Gasteiger charge is -2.19. The largest absolute Gasteiger partial charge is 0.398 e. The third-order valence-electron chi connectivity index (χ3n) is 3.43. The highest BCUT2D eigenvalue weighted by Gasteiger charge is 2.27. The summed E-state index contributed by atoms with van der Waals surface area (Å²) in [6.07, 6.45) is 2.36. The Kier molecular flexibility index (Phi) is 4.62. The van der Waals surface area contributed by atoms with Crippen molar-refractivity contribution in [3.8, 4) is 0 Å². The fourth-order valence-corrected chi connectivity index (χ4v) is 3.34. The van der Waals surface area contributed by atoms with Crippen molar-refractivity contribution in [1.29, 1.82) is 0 Å². The standard InChI is InChI=1S/C13H20FN3O2S/c1-2-17(11-4-5-11)8-7-16-20(18,19)13-9-10(14)3-6-12(13)15/h3,6,9,11,16H,2,4-5,7-8,15H2,1H3. The predicted molar refractivity (Wildman–Crippen MR) is 76.3 cm³/mol. The number of nitrogens with one attached hydrogen (secondary N) is 1.